The second-order valence-electron chi connectivity index (χ2n) is 31.1. The lowest BCUT2D eigenvalue weighted by Gasteiger charge is -2.21. The lowest BCUT2D eigenvalue weighted by atomic mass is 10.0. The molecule has 0 saturated heterocycles. The summed E-state index contributed by atoms with van der Waals surface area (Å²) in [6, 6.07) is 0. The first-order valence-electron chi connectivity index (χ1n) is 41.7. The number of ether oxygens (including phenoxy) is 4. The van der Waals surface area contributed by atoms with Crippen molar-refractivity contribution in [2.45, 2.75) is 433 Å². The molecule has 0 rings (SSSR count). The molecular weight excluding hydrogens is 1310 g/mol. The molecule has 17 nitrogen and oxygen atoms in total. The van der Waals surface area contributed by atoms with E-state index in [1.807, 2.05) is 0 Å². The Bertz CT molecular complexity index is 1950. The quantitative estimate of drug-likeness (QED) is 0.0222. The number of unbranched alkanes of at least 4 members (excludes halogenated alkanes) is 44. The fourth-order valence-electron chi connectivity index (χ4n) is 12.4. The Labute approximate surface area is 613 Å². The molecule has 19 heteroatoms. The minimum Gasteiger partial charge on any atom is -0.462 e. The molecule has 3 N–H and O–H groups in total. The minimum atomic E-state index is -4.96. The number of hydrogen-bond donors (Lipinski definition) is 3. The normalized spacial score (nSPS) is 14.0. The van der Waals surface area contributed by atoms with E-state index in [0.29, 0.717) is 31.6 Å². The standard InChI is InChI=1S/C81H158O17P2/c1-71(2)57-49-41-33-26-20-16-12-9-10-14-18-22-29-37-45-53-61-78(83)91-67-76(97-81(86)64-56-48-39-31-25-24-28-35-43-51-59-73(5)6)69-95-99(87,88)93-65-75(82)66-94-100(89,90)96-70-77(68-92-79(84)62-54-46-40-32-36-44-52-60-74(7)8)98-80(85)63-55-47-38-30-23-19-15-11-13-17-21-27-34-42-50-58-72(3)4/h71-77,82H,9-70H2,1-8H3,(H,87,88)(H,89,90)/t75?,76-,77-/m1/s1. The molecule has 0 bridgehead atoms. The third-order valence-corrected chi connectivity index (χ3v) is 20.7. The smallest absolute Gasteiger partial charge is 0.462 e. The van der Waals surface area contributed by atoms with E-state index in [0.717, 1.165) is 114 Å². The summed E-state index contributed by atoms with van der Waals surface area (Å²) in [5.74, 6) is 0.957. The summed E-state index contributed by atoms with van der Waals surface area (Å²) >= 11 is 0. The van der Waals surface area contributed by atoms with Crippen LogP contribution in [0.3, 0.4) is 0 Å². The molecule has 0 saturated carbocycles. The fraction of sp³-hybridized carbons (Fsp3) is 0.951. The van der Waals surface area contributed by atoms with Gasteiger partial charge in [0.25, 0.3) is 0 Å². The second-order valence-corrected chi connectivity index (χ2v) is 34.0. The van der Waals surface area contributed by atoms with Crippen molar-refractivity contribution in [2.24, 2.45) is 23.7 Å². The zero-order valence-electron chi connectivity index (χ0n) is 65.8. The van der Waals surface area contributed by atoms with Gasteiger partial charge >= 0.3 is 39.5 Å². The van der Waals surface area contributed by atoms with Crippen LogP contribution in [0.2, 0.25) is 0 Å². The number of carbonyl (C=O) groups excluding carboxylic acids is 4. The van der Waals surface area contributed by atoms with Gasteiger partial charge in [0, 0.05) is 25.7 Å². The molecule has 0 aromatic carbocycles. The van der Waals surface area contributed by atoms with Crippen LogP contribution in [0.1, 0.15) is 415 Å². The van der Waals surface area contributed by atoms with Crippen molar-refractivity contribution < 1.29 is 80.2 Å². The van der Waals surface area contributed by atoms with Crippen LogP contribution in [-0.2, 0) is 65.4 Å². The highest BCUT2D eigenvalue weighted by Crippen LogP contribution is 2.45. The van der Waals surface area contributed by atoms with Crippen LogP contribution in [0, 0.1) is 23.7 Å². The summed E-state index contributed by atoms with van der Waals surface area (Å²) in [6.07, 6.45) is 57.0. The zero-order chi connectivity index (χ0) is 73.8. The summed E-state index contributed by atoms with van der Waals surface area (Å²) in [4.78, 5) is 73.0. The SMILES string of the molecule is CC(C)CCCCCCCCCCCCCCCCCCC(=O)OC[C@H](COP(=O)(O)OCC(O)COP(=O)(O)OC[C@@H](COC(=O)CCCCCCCCCC(C)C)OC(=O)CCCCCCCCCCCCCCCCCC(C)C)OC(=O)CCCCCCCCCCCCC(C)C. The van der Waals surface area contributed by atoms with Crippen molar-refractivity contribution in [3.05, 3.63) is 0 Å². The molecule has 0 heterocycles. The van der Waals surface area contributed by atoms with E-state index in [4.69, 9.17) is 37.0 Å². The molecule has 3 unspecified atom stereocenters. The van der Waals surface area contributed by atoms with Gasteiger partial charge in [0.05, 0.1) is 26.4 Å². The van der Waals surface area contributed by atoms with Crippen LogP contribution in [0.15, 0.2) is 0 Å². The van der Waals surface area contributed by atoms with Crippen molar-refractivity contribution in [2.75, 3.05) is 39.6 Å². The number of rotatable bonds is 78. The van der Waals surface area contributed by atoms with E-state index < -0.39 is 97.5 Å². The third-order valence-electron chi connectivity index (χ3n) is 18.8. The Hall–Kier alpha value is -1.94. The van der Waals surface area contributed by atoms with Gasteiger partial charge in [0.15, 0.2) is 12.2 Å². The van der Waals surface area contributed by atoms with Gasteiger partial charge in [0.1, 0.15) is 19.3 Å². The minimum absolute atomic E-state index is 0.106. The van der Waals surface area contributed by atoms with E-state index in [1.165, 1.54) is 212 Å². The Kier molecular flexibility index (Phi) is 68.7. The molecule has 0 aliphatic rings. The van der Waals surface area contributed by atoms with Gasteiger partial charge in [-0.05, 0) is 49.4 Å². The Balaban J connectivity index is 5.21. The number of phosphoric acid groups is 2. The topological polar surface area (TPSA) is 237 Å². The highest BCUT2D eigenvalue weighted by Gasteiger charge is 2.30. The van der Waals surface area contributed by atoms with Crippen molar-refractivity contribution in [3.8, 4) is 0 Å². The second kappa shape index (κ2) is 70.1. The van der Waals surface area contributed by atoms with Crippen LogP contribution in [0.25, 0.3) is 0 Å². The maximum absolute atomic E-state index is 13.1. The Morgan fingerprint density at radius 3 is 0.620 bits per heavy atom. The molecule has 594 valence electrons. The first-order chi connectivity index (χ1) is 48.1. The molecule has 100 heavy (non-hydrogen) atoms. The maximum atomic E-state index is 13.1. The van der Waals surface area contributed by atoms with Gasteiger partial charge in [-0.2, -0.15) is 0 Å². The predicted octanol–water partition coefficient (Wildman–Crippen LogP) is 24.0. The van der Waals surface area contributed by atoms with Crippen LogP contribution < -0.4 is 0 Å². The van der Waals surface area contributed by atoms with Gasteiger partial charge in [-0.25, -0.2) is 9.13 Å². The van der Waals surface area contributed by atoms with Crippen molar-refractivity contribution in [1.82, 2.24) is 0 Å². The van der Waals surface area contributed by atoms with Crippen molar-refractivity contribution in [1.29, 1.82) is 0 Å². The summed E-state index contributed by atoms with van der Waals surface area (Å²) in [7, 11) is -9.92. The molecule has 0 aliphatic heterocycles. The fourth-order valence-corrected chi connectivity index (χ4v) is 14.0. The molecule has 0 amide bonds. The Morgan fingerprint density at radius 1 is 0.250 bits per heavy atom. The summed E-state index contributed by atoms with van der Waals surface area (Å²) in [5, 5.41) is 10.6. The van der Waals surface area contributed by atoms with Gasteiger partial charge in [-0.15, -0.1) is 0 Å². The monoisotopic (exact) mass is 1470 g/mol. The van der Waals surface area contributed by atoms with E-state index >= 15 is 0 Å². The lowest BCUT2D eigenvalue weighted by Crippen LogP contribution is -2.30. The highest BCUT2D eigenvalue weighted by molar-refractivity contribution is 7.47. The molecule has 0 aliphatic carbocycles. The van der Waals surface area contributed by atoms with Crippen LogP contribution in [0.4, 0.5) is 0 Å². The number of aliphatic hydroxyl groups excluding tert-OH is 1. The first kappa shape index (κ1) is 98.1. The van der Waals surface area contributed by atoms with Crippen LogP contribution >= 0.6 is 15.6 Å². The van der Waals surface area contributed by atoms with Gasteiger partial charge < -0.3 is 33.8 Å². The van der Waals surface area contributed by atoms with E-state index in [-0.39, 0.29) is 25.7 Å². The lowest BCUT2D eigenvalue weighted by molar-refractivity contribution is -0.161. The maximum Gasteiger partial charge on any atom is 0.472 e. The predicted molar refractivity (Wildman–Crippen MR) is 409 cm³/mol. The summed E-state index contributed by atoms with van der Waals surface area (Å²) in [5.41, 5.74) is 0. The van der Waals surface area contributed by atoms with Crippen LogP contribution in [-0.4, -0.2) is 96.7 Å². The molecular formula is C81H158O17P2. The summed E-state index contributed by atoms with van der Waals surface area (Å²) in [6.45, 7) is 14.2. The number of hydrogen-bond acceptors (Lipinski definition) is 15. The molecule has 0 spiro atoms. The molecule has 0 aromatic rings. The van der Waals surface area contributed by atoms with Gasteiger partial charge in [-0.3, -0.25) is 37.3 Å². The largest absolute Gasteiger partial charge is 0.472 e. The molecule has 0 aromatic heterocycles. The van der Waals surface area contributed by atoms with Crippen LogP contribution in [0.5, 0.6) is 0 Å². The summed E-state index contributed by atoms with van der Waals surface area (Å²) < 4.78 is 68.7. The molecule has 0 fully saturated rings. The molecule has 5 atom stereocenters. The van der Waals surface area contributed by atoms with E-state index in [9.17, 15) is 43.2 Å². The average molecular weight is 1470 g/mol. The van der Waals surface area contributed by atoms with Crippen molar-refractivity contribution >= 4 is 39.5 Å². The van der Waals surface area contributed by atoms with Gasteiger partial charge in [-0.1, -0.05) is 364 Å². The number of esters is 4. The number of aliphatic hydroxyl groups is 1. The highest BCUT2D eigenvalue weighted by atomic mass is 31.2. The van der Waals surface area contributed by atoms with E-state index in [2.05, 4.69) is 55.4 Å². The number of carbonyl (C=O) groups is 4. The third kappa shape index (κ3) is 74.3. The average Bonchev–Trinajstić information content (AvgIpc) is 0.923. The van der Waals surface area contributed by atoms with Gasteiger partial charge in [0.2, 0.25) is 0 Å². The van der Waals surface area contributed by atoms with Crippen molar-refractivity contribution in [3.63, 3.8) is 0 Å². The Morgan fingerprint density at radius 2 is 0.420 bits per heavy atom. The zero-order valence-corrected chi connectivity index (χ0v) is 67.6. The molecule has 0 radical (unpaired) electrons. The number of phosphoric ester groups is 2. The first-order valence-corrected chi connectivity index (χ1v) is 44.7. The van der Waals surface area contributed by atoms with E-state index in [1.54, 1.807) is 0 Å².